The Morgan fingerprint density at radius 3 is 2.53 bits per heavy atom. The van der Waals surface area contributed by atoms with Crippen LogP contribution in [0, 0.1) is 12.7 Å². The molecule has 4 aromatic rings. The van der Waals surface area contributed by atoms with Crippen LogP contribution in [0.4, 0.5) is 4.39 Å². The van der Waals surface area contributed by atoms with Gasteiger partial charge in [-0.25, -0.2) is 8.60 Å². The van der Waals surface area contributed by atoms with Crippen molar-refractivity contribution in [1.29, 1.82) is 0 Å². The maximum absolute atomic E-state index is 14.0. The molecule has 0 aliphatic heterocycles. The Morgan fingerprint density at radius 2 is 1.79 bits per heavy atom. The Morgan fingerprint density at radius 1 is 1.02 bits per heavy atom. The van der Waals surface area contributed by atoms with Gasteiger partial charge in [0.1, 0.15) is 23.1 Å². The first-order valence-corrected chi connectivity index (χ1v) is 15.6. The number of hydrogen-bond donors (Lipinski definition) is 1. The van der Waals surface area contributed by atoms with Crippen LogP contribution in [0.5, 0.6) is 11.5 Å². The van der Waals surface area contributed by atoms with Crippen molar-refractivity contribution in [2.24, 2.45) is 4.36 Å². The van der Waals surface area contributed by atoms with Crippen LogP contribution in [-0.2, 0) is 36.9 Å². The fourth-order valence-corrected chi connectivity index (χ4v) is 5.53. The van der Waals surface area contributed by atoms with Crippen molar-refractivity contribution < 1.29 is 33.9 Å². The molecular formula is C32H34FN3O6S. The minimum absolute atomic E-state index is 0. The molecule has 2 heterocycles. The number of pyridine rings is 1. The summed E-state index contributed by atoms with van der Waals surface area (Å²) in [6, 6.07) is 16.8. The zero-order chi connectivity index (χ0) is 31.0. The van der Waals surface area contributed by atoms with Crippen LogP contribution in [-0.4, -0.2) is 51.0 Å². The lowest BCUT2D eigenvalue weighted by atomic mass is 10.0. The van der Waals surface area contributed by atoms with E-state index in [1.165, 1.54) is 25.6 Å². The number of methoxy groups -OCH3 is 1. The van der Waals surface area contributed by atoms with E-state index in [1.807, 2.05) is 6.92 Å². The monoisotopic (exact) mass is 607 g/mol. The fraction of sp³-hybridized carbons (Fsp3) is 0.250. The Labute approximate surface area is 251 Å². The van der Waals surface area contributed by atoms with Crippen LogP contribution >= 0.6 is 0 Å². The second-order valence-corrected chi connectivity index (χ2v) is 12.7. The zero-order valence-corrected chi connectivity index (χ0v) is 24.9. The van der Waals surface area contributed by atoms with Gasteiger partial charge < -0.3 is 14.5 Å². The molecule has 1 amide bonds. The predicted octanol–water partition coefficient (Wildman–Crippen LogP) is 6.11. The van der Waals surface area contributed by atoms with Gasteiger partial charge in [-0.2, -0.15) is 4.36 Å². The van der Waals surface area contributed by atoms with E-state index in [9.17, 15) is 23.0 Å². The molecule has 4 rings (SSSR count). The molecule has 2 aromatic heterocycles. The topological polar surface area (TPSA) is 128 Å². The standard InChI is InChI=1S/C32H32FN3O6S.H2/c1-21-6-11-28(33)23(15-21)17-25(37)16-22-7-9-26(10-8-22)42-27-12-13-34-30(19-27)29-18-24(20-35-29)32(39)36-43(3,40)14-4-5-31(38)41-2;/h6-13,15,18-20,35H,4-5,14,16-17H2,1-3H3;1H. The number of carbonyl (C=O) groups excluding carboxylic acids is 3. The molecule has 0 spiro atoms. The van der Waals surface area contributed by atoms with E-state index in [0.29, 0.717) is 34.9 Å². The third-order valence-corrected chi connectivity index (χ3v) is 8.09. The second kappa shape index (κ2) is 14.0. The molecule has 11 heteroatoms. The Bertz CT molecular complexity index is 1760. The third-order valence-electron chi connectivity index (χ3n) is 6.49. The van der Waals surface area contributed by atoms with E-state index in [2.05, 4.69) is 19.1 Å². The van der Waals surface area contributed by atoms with Crippen LogP contribution in [0.1, 0.15) is 41.3 Å². The molecule has 2 aromatic carbocycles. The van der Waals surface area contributed by atoms with E-state index in [4.69, 9.17) is 4.74 Å². The lowest BCUT2D eigenvalue weighted by Gasteiger charge is -2.08. The molecule has 0 fully saturated rings. The first-order chi connectivity index (χ1) is 20.5. The highest BCUT2D eigenvalue weighted by Gasteiger charge is 2.14. The van der Waals surface area contributed by atoms with Crippen LogP contribution in [0.3, 0.4) is 0 Å². The fourth-order valence-electron chi connectivity index (χ4n) is 4.30. The number of nitrogens with zero attached hydrogens (tertiary/aromatic N) is 2. The summed E-state index contributed by atoms with van der Waals surface area (Å²) in [6.07, 6.45) is 5.01. The minimum Gasteiger partial charge on any atom is -0.469 e. The summed E-state index contributed by atoms with van der Waals surface area (Å²) in [6.45, 7) is 1.86. The SMILES string of the molecule is COC(=O)CCCS(C)(=O)=NC(=O)c1c[nH]c(-c2cc(Oc3ccc(CC(=O)Cc4cc(C)ccc4F)cc3)ccn2)c1.[HH]. The maximum atomic E-state index is 14.0. The molecule has 0 bridgehead atoms. The number of carbonyl (C=O) groups is 3. The van der Waals surface area contributed by atoms with Gasteiger partial charge >= 0.3 is 5.97 Å². The van der Waals surface area contributed by atoms with Gasteiger partial charge in [0.15, 0.2) is 0 Å². The average molecular weight is 608 g/mol. The number of ketones is 1. The summed E-state index contributed by atoms with van der Waals surface area (Å²) in [5, 5.41) is 0. The molecule has 0 radical (unpaired) electrons. The van der Waals surface area contributed by atoms with Gasteiger partial charge in [0.25, 0.3) is 5.91 Å². The molecule has 1 N–H and O–H groups in total. The highest BCUT2D eigenvalue weighted by atomic mass is 32.2. The maximum Gasteiger partial charge on any atom is 0.305 e. The Balaban J connectivity index is 0.00000529. The summed E-state index contributed by atoms with van der Waals surface area (Å²) in [5.74, 6) is -0.380. The van der Waals surface area contributed by atoms with Crippen molar-refractivity contribution in [2.75, 3.05) is 19.1 Å². The smallest absolute Gasteiger partial charge is 0.305 e. The van der Waals surface area contributed by atoms with Gasteiger partial charge in [-0.1, -0.05) is 29.8 Å². The highest BCUT2D eigenvalue weighted by molar-refractivity contribution is 7.93. The Kier molecular flexibility index (Phi) is 10.2. The number of benzene rings is 2. The van der Waals surface area contributed by atoms with Gasteiger partial charge in [0, 0.05) is 51.2 Å². The molecule has 1 unspecified atom stereocenters. The van der Waals surface area contributed by atoms with Gasteiger partial charge in [-0.3, -0.25) is 19.4 Å². The van der Waals surface area contributed by atoms with E-state index in [-0.39, 0.29) is 43.6 Å². The number of nitrogens with one attached hydrogen (secondary N) is 1. The molecule has 226 valence electrons. The third kappa shape index (κ3) is 9.17. The molecule has 0 aliphatic carbocycles. The van der Waals surface area contributed by atoms with E-state index >= 15 is 0 Å². The number of amides is 1. The lowest BCUT2D eigenvalue weighted by Crippen LogP contribution is -2.09. The Hall–Kier alpha value is -4.64. The summed E-state index contributed by atoms with van der Waals surface area (Å²) in [7, 11) is -1.54. The number of Topliss-reactive ketones (excluding diaryl/α,β-unsaturated/α-hetero) is 1. The number of ether oxygens (including phenoxy) is 2. The van der Waals surface area contributed by atoms with Crippen molar-refractivity contribution in [3.63, 3.8) is 0 Å². The summed E-state index contributed by atoms with van der Waals surface area (Å²) in [5.41, 5.74) is 3.35. The largest absolute Gasteiger partial charge is 0.469 e. The van der Waals surface area contributed by atoms with Crippen molar-refractivity contribution in [3.05, 3.63) is 101 Å². The van der Waals surface area contributed by atoms with E-state index in [0.717, 1.165) is 11.1 Å². The summed E-state index contributed by atoms with van der Waals surface area (Å²) < 4.78 is 41.1. The van der Waals surface area contributed by atoms with Crippen LogP contribution in [0.15, 0.2) is 77.4 Å². The average Bonchev–Trinajstić information content (AvgIpc) is 3.47. The van der Waals surface area contributed by atoms with Crippen LogP contribution in [0.25, 0.3) is 11.4 Å². The molecular weight excluding hydrogens is 573 g/mol. The molecule has 9 nitrogen and oxygen atoms in total. The van der Waals surface area contributed by atoms with E-state index < -0.39 is 21.6 Å². The molecule has 0 aliphatic rings. The first-order valence-electron chi connectivity index (χ1n) is 13.5. The number of rotatable bonds is 12. The van der Waals surface area contributed by atoms with Crippen molar-refractivity contribution in [1.82, 2.24) is 9.97 Å². The van der Waals surface area contributed by atoms with Gasteiger partial charge in [-0.15, -0.1) is 0 Å². The summed E-state index contributed by atoms with van der Waals surface area (Å²) in [4.78, 5) is 43.8. The van der Waals surface area contributed by atoms with Crippen LogP contribution < -0.4 is 4.74 Å². The molecule has 0 saturated carbocycles. The number of aromatic nitrogens is 2. The quantitative estimate of drug-likeness (QED) is 0.193. The minimum atomic E-state index is -2.82. The zero-order valence-electron chi connectivity index (χ0n) is 24.1. The van der Waals surface area contributed by atoms with Crippen molar-refractivity contribution in [2.45, 2.75) is 32.6 Å². The van der Waals surface area contributed by atoms with Gasteiger partial charge in [0.2, 0.25) is 0 Å². The predicted molar refractivity (Wildman–Crippen MR) is 163 cm³/mol. The van der Waals surface area contributed by atoms with Gasteiger partial charge in [0.05, 0.1) is 33.8 Å². The van der Waals surface area contributed by atoms with Crippen molar-refractivity contribution in [3.8, 4) is 22.9 Å². The molecule has 43 heavy (non-hydrogen) atoms. The van der Waals surface area contributed by atoms with Crippen LogP contribution in [0.2, 0.25) is 0 Å². The number of H-pyrrole nitrogens is 1. The van der Waals surface area contributed by atoms with Crippen molar-refractivity contribution >= 4 is 27.4 Å². The number of esters is 1. The number of aromatic amines is 1. The normalized spacial score (nSPS) is 12.3. The lowest BCUT2D eigenvalue weighted by molar-refractivity contribution is -0.140. The molecule has 1 atom stereocenters. The second-order valence-electron chi connectivity index (χ2n) is 10.2. The van der Waals surface area contributed by atoms with E-state index in [1.54, 1.807) is 60.8 Å². The number of hydrogen-bond acceptors (Lipinski definition) is 7. The highest BCUT2D eigenvalue weighted by Crippen LogP contribution is 2.26. The number of halogens is 1. The summed E-state index contributed by atoms with van der Waals surface area (Å²) >= 11 is 0. The molecule has 0 saturated heterocycles. The van der Waals surface area contributed by atoms with Gasteiger partial charge in [-0.05, 0) is 54.8 Å². The number of aryl methyl sites for hydroxylation is 1. The first kappa shape index (κ1) is 31.3.